The molecule has 1 rings (SSSR count). The van der Waals surface area contributed by atoms with Gasteiger partial charge in [0.1, 0.15) is 0 Å². The summed E-state index contributed by atoms with van der Waals surface area (Å²) in [7, 11) is 0. The van der Waals surface area contributed by atoms with Gasteiger partial charge >= 0.3 is 0 Å². The highest BCUT2D eigenvalue weighted by Gasteiger charge is 2.10. The molecule has 0 aliphatic carbocycles. The summed E-state index contributed by atoms with van der Waals surface area (Å²) in [5.41, 5.74) is 2.79. The topological polar surface area (TPSA) is 47.3 Å². The number of nitrogens with two attached hydrogens (primary N) is 1. The van der Waals surface area contributed by atoms with Gasteiger partial charge in [0.05, 0.1) is 6.61 Å². The zero-order valence-electron chi connectivity index (χ0n) is 8.83. The molecule has 0 radical (unpaired) electrons. The van der Waals surface area contributed by atoms with Crippen LogP contribution in [0.5, 0.6) is 0 Å². The fraction of sp³-hybridized carbons (Fsp3) is 0.600. The Hall–Kier alpha value is 0.0600. The lowest BCUT2D eigenvalue weighted by molar-refractivity contribution is 0.112. The molecule has 1 aromatic heterocycles. The van der Waals surface area contributed by atoms with E-state index < -0.39 is 0 Å². The van der Waals surface area contributed by atoms with Crippen molar-refractivity contribution in [2.45, 2.75) is 25.8 Å². The number of thiophene rings is 1. The van der Waals surface area contributed by atoms with Crippen LogP contribution < -0.4 is 11.3 Å². The molecule has 1 atom stereocenters. The van der Waals surface area contributed by atoms with Gasteiger partial charge in [-0.2, -0.15) is 0 Å². The van der Waals surface area contributed by atoms with Crippen LogP contribution in [0.1, 0.15) is 18.2 Å². The average molecular weight is 293 g/mol. The zero-order valence-corrected chi connectivity index (χ0v) is 11.2. The molecule has 5 heteroatoms. The van der Waals surface area contributed by atoms with Gasteiger partial charge < -0.3 is 4.74 Å². The highest BCUT2D eigenvalue weighted by molar-refractivity contribution is 9.10. The average Bonchev–Trinajstić information content (AvgIpc) is 2.63. The van der Waals surface area contributed by atoms with Crippen molar-refractivity contribution in [1.29, 1.82) is 0 Å². The Kier molecular flexibility index (Phi) is 6.43. The number of hydrogen-bond acceptors (Lipinski definition) is 4. The number of hydrazine groups is 1. The molecule has 0 aliphatic rings. The summed E-state index contributed by atoms with van der Waals surface area (Å²) >= 11 is 5.24. The van der Waals surface area contributed by atoms with Gasteiger partial charge in [0.2, 0.25) is 0 Å². The predicted molar refractivity (Wildman–Crippen MR) is 67.9 cm³/mol. The normalized spacial score (nSPS) is 13.0. The molecule has 0 spiro atoms. The SMILES string of the molecule is CCCOCC(Cc1sccc1Br)NN. The maximum Gasteiger partial charge on any atom is 0.0636 e. The van der Waals surface area contributed by atoms with Crippen LogP contribution in [0.4, 0.5) is 0 Å². The van der Waals surface area contributed by atoms with Crippen LogP contribution in [-0.4, -0.2) is 19.3 Å². The number of ether oxygens (including phenoxy) is 1. The highest BCUT2D eigenvalue weighted by atomic mass is 79.9. The number of rotatable bonds is 7. The highest BCUT2D eigenvalue weighted by Crippen LogP contribution is 2.23. The minimum absolute atomic E-state index is 0.187. The van der Waals surface area contributed by atoms with Crippen LogP contribution in [0, 0.1) is 0 Å². The molecule has 0 amide bonds. The molecule has 0 aromatic carbocycles. The van der Waals surface area contributed by atoms with Crippen molar-refractivity contribution in [1.82, 2.24) is 5.43 Å². The second-order valence-electron chi connectivity index (χ2n) is 3.33. The van der Waals surface area contributed by atoms with E-state index in [1.54, 1.807) is 11.3 Å². The molecule has 3 N–H and O–H groups in total. The Balaban J connectivity index is 2.36. The number of nitrogens with one attached hydrogen (secondary N) is 1. The monoisotopic (exact) mass is 292 g/mol. The van der Waals surface area contributed by atoms with Gasteiger partial charge in [-0.1, -0.05) is 6.92 Å². The minimum atomic E-state index is 0.187. The molecule has 86 valence electrons. The van der Waals surface area contributed by atoms with Gasteiger partial charge in [-0.15, -0.1) is 11.3 Å². The lowest BCUT2D eigenvalue weighted by Gasteiger charge is -2.15. The van der Waals surface area contributed by atoms with Crippen molar-refractivity contribution >= 4 is 27.3 Å². The lowest BCUT2D eigenvalue weighted by atomic mass is 10.2. The molecular formula is C10H17BrN2OS. The van der Waals surface area contributed by atoms with Gasteiger partial charge in [-0.3, -0.25) is 11.3 Å². The van der Waals surface area contributed by atoms with Crippen molar-refractivity contribution < 1.29 is 4.74 Å². The maximum atomic E-state index is 5.48. The Labute approximate surface area is 103 Å². The molecule has 0 saturated carbocycles. The third-order valence-corrected chi connectivity index (χ3v) is 3.97. The van der Waals surface area contributed by atoms with E-state index in [-0.39, 0.29) is 6.04 Å². The summed E-state index contributed by atoms with van der Waals surface area (Å²) in [6.45, 7) is 3.55. The lowest BCUT2D eigenvalue weighted by Crippen LogP contribution is -2.40. The maximum absolute atomic E-state index is 5.48. The largest absolute Gasteiger partial charge is 0.380 e. The second-order valence-corrected chi connectivity index (χ2v) is 5.19. The molecule has 1 heterocycles. The Morgan fingerprint density at radius 2 is 2.47 bits per heavy atom. The minimum Gasteiger partial charge on any atom is -0.380 e. The molecule has 0 saturated heterocycles. The van der Waals surface area contributed by atoms with Gasteiger partial charge in [0.15, 0.2) is 0 Å². The molecule has 0 aliphatic heterocycles. The van der Waals surface area contributed by atoms with Gasteiger partial charge in [-0.05, 0) is 33.8 Å². The van der Waals surface area contributed by atoms with Crippen LogP contribution in [-0.2, 0) is 11.2 Å². The Bertz CT molecular complexity index is 280. The van der Waals surface area contributed by atoms with Crippen molar-refractivity contribution in [2.75, 3.05) is 13.2 Å². The first-order valence-electron chi connectivity index (χ1n) is 5.03. The molecular weight excluding hydrogens is 276 g/mol. The molecule has 0 bridgehead atoms. The van der Waals surface area contributed by atoms with Crippen LogP contribution >= 0.6 is 27.3 Å². The number of halogens is 1. The van der Waals surface area contributed by atoms with Gasteiger partial charge in [-0.25, -0.2) is 0 Å². The number of hydrogen-bond donors (Lipinski definition) is 2. The van der Waals surface area contributed by atoms with Gasteiger partial charge in [0, 0.05) is 28.4 Å². The molecule has 1 aromatic rings. The molecule has 3 nitrogen and oxygen atoms in total. The van der Waals surface area contributed by atoms with E-state index in [2.05, 4.69) is 39.7 Å². The summed E-state index contributed by atoms with van der Waals surface area (Å²) in [5, 5.41) is 2.07. The Morgan fingerprint density at radius 1 is 1.67 bits per heavy atom. The standard InChI is InChI=1S/C10H17BrN2OS/c1-2-4-14-7-8(13-12)6-10-9(11)3-5-15-10/h3,5,8,13H,2,4,6-7,12H2,1H3. The van der Waals surface area contributed by atoms with Crippen LogP contribution in [0.25, 0.3) is 0 Å². The Morgan fingerprint density at radius 3 is 3.00 bits per heavy atom. The van der Waals surface area contributed by atoms with Crippen LogP contribution in [0.15, 0.2) is 15.9 Å². The summed E-state index contributed by atoms with van der Waals surface area (Å²) in [6.07, 6.45) is 1.94. The van der Waals surface area contributed by atoms with E-state index in [0.29, 0.717) is 6.61 Å². The molecule has 1 unspecified atom stereocenters. The quantitative estimate of drug-likeness (QED) is 0.461. The van der Waals surface area contributed by atoms with Crippen molar-refractivity contribution in [3.63, 3.8) is 0 Å². The van der Waals surface area contributed by atoms with E-state index in [0.717, 1.165) is 23.9 Å². The van der Waals surface area contributed by atoms with E-state index >= 15 is 0 Å². The van der Waals surface area contributed by atoms with Crippen LogP contribution in [0.2, 0.25) is 0 Å². The fourth-order valence-corrected chi connectivity index (χ4v) is 2.83. The fourth-order valence-electron chi connectivity index (χ4n) is 1.23. The third kappa shape index (κ3) is 4.61. The first-order valence-corrected chi connectivity index (χ1v) is 6.71. The van der Waals surface area contributed by atoms with E-state index in [1.807, 2.05) is 0 Å². The van der Waals surface area contributed by atoms with E-state index in [9.17, 15) is 0 Å². The molecule has 15 heavy (non-hydrogen) atoms. The summed E-state index contributed by atoms with van der Waals surface area (Å²) in [6, 6.07) is 2.24. The second kappa shape index (κ2) is 7.35. The summed E-state index contributed by atoms with van der Waals surface area (Å²) in [5.74, 6) is 5.48. The predicted octanol–water partition coefficient (Wildman–Crippen LogP) is 2.31. The van der Waals surface area contributed by atoms with Gasteiger partial charge in [0.25, 0.3) is 0 Å². The summed E-state index contributed by atoms with van der Waals surface area (Å²) in [4.78, 5) is 1.30. The first-order chi connectivity index (χ1) is 7.27. The summed E-state index contributed by atoms with van der Waals surface area (Å²) < 4.78 is 6.63. The first kappa shape index (κ1) is 13.1. The van der Waals surface area contributed by atoms with Crippen molar-refractivity contribution in [3.8, 4) is 0 Å². The van der Waals surface area contributed by atoms with Crippen molar-refractivity contribution in [2.24, 2.45) is 5.84 Å². The van der Waals surface area contributed by atoms with E-state index in [1.165, 1.54) is 4.88 Å². The zero-order chi connectivity index (χ0) is 11.1. The third-order valence-electron chi connectivity index (χ3n) is 2.03. The van der Waals surface area contributed by atoms with Crippen LogP contribution in [0.3, 0.4) is 0 Å². The van der Waals surface area contributed by atoms with Crippen molar-refractivity contribution in [3.05, 3.63) is 20.8 Å². The smallest absolute Gasteiger partial charge is 0.0636 e. The van der Waals surface area contributed by atoms with E-state index in [4.69, 9.17) is 10.6 Å². The molecule has 0 fully saturated rings.